The molecule has 49 heavy (non-hydrogen) atoms. The van der Waals surface area contributed by atoms with Crippen molar-refractivity contribution in [1.82, 2.24) is 19.5 Å². The Kier molecular flexibility index (Phi) is 6.00. The van der Waals surface area contributed by atoms with Crippen LogP contribution in [0, 0.1) is 0 Å². The smallest absolute Gasteiger partial charge is 0.238 e. The summed E-state index contributed by atoms with van der Waals surface area (Å²) in [5, 5.41) is 1.18. The molecule has 0 saturated carbocycles. The van der Waals surface area contributed by atoms with Crippen LogP contribution in [0.15, 0.2) is 164 Å². The lowest BCUT2D eigenvalue weighted by Gasteiger charge is -2.45. The van der Waals surface area contributed by atoms with Gasteiger partial charge in [-0.2, -0.15) is 9.97 Å². The van der Waals surface area contributed by atoms with Gasteiger partial charge in [-0.15, -0.1) is 0 Å². The number of rotatable bonds is 4. The van der Waals surface area contributed by atoms with Crippen molar-refractivity contribution < 1.29 is 0 Å². The zero-order valence-corrected chi connectivity index (χ0v) is 26.9. The van der Waals surface area contributed by atoms with Crippen LogP contribution < -0.4 is 4.90 Å². The molecule has 2 aromatic heterocycles. The van der Waals surface area contributed by atoms with E-state index in [1.54, 1.807) is 0 Å². The SMILES string of the molecule is CC12c3c(c4ccccc4n3-c3nc(-c4ccccc4)nc(-c4ccccc4)n3)-c3ccccc3C1c1ccccc1N2c1ccccc1. The highest BCUT2D eigenvalue weighted by Crippen LogP contribution is 2.65. The van der Waals surface area contributed by atoms with Crippen molar-refractivity contribution in [3.05, 3.63) is 181 Å². The average molecular weight is 630 g/mol. The van der Waals surface area contributed by atoms with Gasteiger partial charge in [0, 0.05) is 39.4 Å². The van der Waals surface area contributed by atoms with E-state index in [-0.39, 0.29) is 5.92 Å². The van der Waals surface area contributed by atoms with E-state index >= 15 is 0 Å². The summed E-state index contributed by atoms with van der Waals surface area (Å²) >= 11 is 0. The maximum atomic E-state index is 5.30. The summed E-state index contributed by atoms with van der Waals surface area (Å²) in [7, 11) is 0. The number of fused-ring (bicyclic) bond motifs is 10. The van der Waals surface area contributed by atoms with Crippen LogP contribution in [0.4, 0.5) is 11.4 Å². The third kappa shape index (κ3) is 3.96. The van der Waals surface area contributed by atoms with E-state index in [4.69, 9.17) is 15.0 Å². The molecule has 3 heterocycles. The number of hydrogen-bond acceptors (Lipinski definition) is 4. The maximum absolute atomic E-state index is 5.30. The van der Waals surface area contributed by atoms with Crippen LogP contribution in [0.5, 0.6) is 0 Å². The molecule has 2 atom stereocenters. The Bertz CT molecular complexity index is 2440. The molecule has 10 rings (SSSR count). The Labute approximate surface area is 284 Å². The highest BCUT2D eigenvalue weighted by molar-refractivity contribution is 6.03. The van der Waals surface area contributed by atoms with Gasteiger partial charge in [-0.25, -0.2) is 4.98 Å². The molecule has 6 aromatic carbocycles. The lowest BCUT2D eigenvalue weighted by atomic mass is 9.68. The van der Waals surface area contributed by atoms with Crippen molar-refractivity contribution in [2.45, 2.75) is 18.4 Å². The molecule has 0 amide bonds. The Morgan fingerprint density at radius 1 is 0.531 bits per heavy atom. The van der Waals surface area contributed by atoms with Gasteiger partial charge in [0.15, 0.2) is 11.6 Å². The van der Waals surface area contributed by atoms with E-state index in [0.717, 1.165) is 22.3 Å². The highest BCUT2D eigenvalue weighted by atomic mass is 15.3. The summed E-state index contributed by atoms with van der Waals surface area (Å²) in [4.78, 5) is 18.2. The second kappa shape index (κ2) is 10.6. The first-order valence-corrected chi connectivity index (χ1v) is 16.8. The summed E-state index contributed by atoms with van der Waals surface area (Å²) < 4.78 is 2.33. The Hall–Kier alpha value is -6.33. The fraction of sp³-hybridized carbons (Fsp3) is 0.0682. The molecule has 0 bridgehead atoms. The minimum Gasteiger partial charge on any atom is -0.329 e. The largest absolute Gasteiger partial charge is 0.329 e. The molecular weight excluding hydrogens is 599 g/mol. The van der Waals surface area contributed by atoms with Crippen LogP contribution in [-0.4, -0.2) is 19.5 Å². The summed E-state index contributed by atoms with van der Waals surface area (Å²) in [6, 6.07) is 57.8. The summed E-state index contributed by atoms with van der Waals surface area (Å²) in [5.41, 5.74) is 11.1. The van der Waals surface area contributed by atoms with Crippen LogP contribution >= 0.6 is 0 Å². The lowest BCUT2D eigenvalue weighted by Crippen LogP contribution is -2.45. The maximum Gasteiger partial charge on any atom is 0.238 e. The van der Waals surface area contributed by atoms with Crippen molar-refractivity contribution in [2.75, 3.05) is 4.90 Å². The van der Waals surface area contributed by atoms with E-state index in [1.807, 2.05) is 36.4 Å². The fourth-order valence-electron chi connectivity index (χ4n) is 8.39. The molecule has 5 heteroatoms. The molecule has 232 valence electrons. The third-order valence-electron chi connectivity index (χ3n) is 10.3. The monoisotopic (exact) mass is 629 g/mol. The minimum absolute atomic E-state index is 0.0553. The Morgan fingerprint density at radius 3 is 1.78 bits per heavy atom. The summed E-state index contributed by atoms with van der Waals surface area (Å²) in [6.45, 7) is 2.41. The van der Waals surface area contributed by atoms with Crippen molar-refractivity contribution in [3.8, 4) is 39.9 Å². The first-order chi connectivity index (χ1) is 24.2. The van der Waals surface area contributed by atoms with Crippen molar-refractivity contribution in [2.24, 2.45) is 0 Å². The fourth-order valence-corrected chi connectivity index (χ4v) is 8.39. The molecule has 1 aliphatic heterocycles. The molecule has 0 radical (unpaired) electrons. The summed E-state index contributed by atoms with van der Waals surface area (Å²) in [6.07, 6.45) is 0. The van der Waals surface area contributed by atoms with E-state index in [2.05, 4.69) is 144 Å². The van der Waals surface area contributed by atoms with Crippen LogP contribution in [0.1, 0.15) is 29.7 Å². The number of anilines is 2. The number of hydrogen-bond donors (Lipinski definition) is 0. The van der Waals surface area contributed by atoms with Crippen LogP contribution in [-0.2, 0) is 5.54 Å². The molecule has 0 N–H and O–H groups in total. The Balaban J connectivity index is 1.36. The van der Waals surface area contributed by atoms with Crippen molar-refractivity contribution >= 4 is 22.3 Å². The van der Waals surface area contributed by atoms with Gasteiger partial charge in [-0.05, 0) is 47.9 Å². The number of aromatic nitrogens is 4. The standard InChI is InChI=1S/C44H31N5/c1-44-39(35-26-14-16-28-37(35)49(44)31-21-9-4-10-22-31)33-24-12-11-23-32(33)38-34-25-13-15-27-36(34)48(40(38)44)43-46-41(29-17-5-2-6-18-29)45-42(47-43)30-19-7-3-8-20-30/h2-28,39H,1H3. The van der Waals surface area contributed by atoms with Gasteiger partial charge in [0.05, 0.1) is 16.7 Å². The van der Waals surface area contributed by atoms with Crippen LogP contribution in [0.2, 0.25) is 0 Å². The predicted octanol–water partition coefficient (Wildman–Crippen LogP) is 10.3. The number of para-hydroxylation sites is 3. The van der Waals surface area contributed by atoms with Crippen LogP contribution in [0.25, 0.3) is 50.8 Å². The van der Waals surface area contributed by atoms with Gasteiger partial charge in [0.25, 0.3) is 0 Å². The molecule has 8 aromatic rings. The molecule has 5 nitrogen and oxygen atoms in total. The van der Waals surface area contributed by atoms with E-state index in [0.29, 0.717) is 17.6 Å². The number of benzene rings is 6. The van der Waals surface area contributed by atoms with Crippen molar-refractivity contribution in [3.63, 3.8) is 0 Å². The molecule has 0 spiro atoms. The van der Waals surface area contributed by atoms with Gasteiger partial charge in [-0.1, -0.05) is 140 Å². The molecule has 1 aliphatic carbocycles. The van der Waals surface area contributed by atoms with Gasteiger partial charge in [0.2, 0.25) is 5.95 Å². The van der Waals surface area contributed by atoms with Gasteiger partial charge in [0.1, 0.15) is 0 Å². The topological polar surface area (TPSA) is 46.8 Å². The normalized spacial score (nSPS) is 17.3. The number of nitrogens with zero attached hydrogens (tertiary/aromatic N) is 5. The second-order valence-corrected chi connectivity index (χ2v) is 13.0. The second-order valence-electron chi connectivity index (χ2n) is 13.0. The van der Waals surface area contributed by atoms with E-state index in [1.165, 1.54) is 39.0 Å². The zero-order chi connectivity index (χ0) is 32.5. The average Bonchev–Trinajstić information content (AvgIpc) is 3.67. The predicted molar refractivity (Wildman–Crippen MR) is 197 cm³/mol. The van der Waals surface area contributed by atoms with Crippen molar-refractivity contribution in [1.29, 1.82) is 0 Å². The lowest BCUT2D eigenvalue weighted by molar-refractivity contribution is 0.429. The van der Waals surface area contributed by atoms with Gasteiger partial charge in [-0.3, -0.25) is 4.57 Å². The van der Waals surface area contributed by atoms with Gasteiger partial charge < -0.3 is 4.90 Å². The van der Waals surface area contributed by atoms with E-state index < -0.39 is 5.54 Å². The minimum atomic E-state index is -0.541. The molecule has 2 unspecified atom stereocenters. The van der Waals surface area contributed by atoms with Crippen LogP contribution in [0.3, 0.4) is 0 Å². The first-order valence-electron chi connectivity index (χ1n) is 16.8. The van der Waals surface area contributed by atoms with E-state index in [9.17, 15) is 0 Å². The highest BCUT2D eigenvalue weighted by Gasteiger charge is 2.56. The molecule has 0 saturated heterocycles. The molecule has 2 aliphatic rings. The first kappa shape index (κ1) is 27.8. The quantitative estimate of drug-likeness (QED) is 0.194. The Morgan fingerprint density at radius 2 is 1.08 bits per heavy atom. The molecule has 0 fully saturated rings. The zero-order valence-electron chi connectivity index (χ0n) is 26.9. The third-order valence-corrected chi connectivity index (χ3v) is 10.3. The molecular formula is C44H31N5. The van der Waals surface area contributed by atoms with Gasteiger partial charge >= 0.3 is 0 Å². The summed E-state index contributed by atoms with van der Waals surface area (Å²) in [5.74, 6) is 1.94.